The third-order valence-corrected chi connectivity index (χ3v) is 6.39. The number of rotatable bonds is 9. The number of benzene rings is 1. The molecule has 4 N–H and O–H groups in total. The Labute approximate surface area is 203 Å². The van der Waals surface area contributed by atoms with Crippen LogP contribution in [-0.4, -0.2) is 58.5 Å². The Kier molecular flexibility index (Phi) is 8.10. The van der Waals surface area contributed by atoms with Gasteiger partial charge in [-0.05, 0) is 55.7 Å². The zero-order valence-electron chi connectivity index (χ0n) is 19.4. The minimum absolute atomic E-state index is 0.0858. The van der Waals surface area contributed by atoms with Crippen molar-refractivity contribution in [2.45, 2.75) is 25.7 Å². The van der Waals surface area contributed by atoms with Gasteiger partial charge in [-0.1, -0.05) is 18.2 Å². The molecule has 0 aliphatic heterocycles. The third kappa shape index (κ3) is 6.45. The Bertz CT molecular complexity index is 1160. The molecule has 2 aromatic heterocycles. The summed E-state index contributed by atoms with van der Waals surface area (Å²) in [5.74, 6) is 1.01. The summed E-state index contributed by atoms with van der Waals surface area (Å²) in [6.07, 6.45) is 4.49. The van der Waals surface area contributed by atoms with Gasteiger partial charge in [0.05, 0.1) is 23.4 Å². The first-order valence-corrected chi connectivity index (χ1v) is 11.9. The van der Waals surface area contributed by atoms with E-state index in [9.17, 15) is 9.59 Å². The van der Waals surface area contributed by atoms with Crippen molar-refractivity contribution in [1.82, 2.24) is 20.6 Å². The lowest BCUT2D eigenvalue weighted by Gasteiger charge is -2.28. The van der Waals surface area contributed by atoms with Crippen molar-refractivity contribution in [2.24, 2.45) is 11.8 Å². The number of ether oxygens (including phenoxy) is 1. The molecule has 1 fully saturated rings. The van der Waals surface area contributed by atoms with Gasteiger partial charge in [-0.2, -0.15) is 0 Å². The molecule has 2 amide bonds. The van der Waals surface area contributed by atoms with Gasteiger partial charge in [0, 0.05) is 36.3 Å². The van der Waals surface area contributed by atoms with Crippen molar-refractivity contribution < 1.29 is 24.5 Å². The number of carbonyl (C=O) groups excluding carboxylic acids is 1. The van der Waals surface area contributed by atoms with Crippen LogP contribution >= 0.6 is 0 Å². The van der Waals surface area contributed by atoms with E-state index in [1.807, 2.05) is 30.3 Å². The fourth-order valence-electron chi connectivity index (χ4n) is 4.48. The monoisotopic (exact) mass is 478 g/mol. The minimum atomic E-state index is -0.981. The summed E-state index contributed by atoms with van der Waals surface area (Å²) >= 11 is 0. The smallest absolute Gasteiger partial charge is 0.404 e. The molecule has 0 unspecified atom stereocenters. The lowest BCUT2D eigenvalue weighted by Crippen LogP contribution is -2.34. The molecular weight excluding hydrogens is 448 g/mol. The second kappa shape index (κ2) is 11.6. The first kappa shape index (κ1) is 24.4. The quantitative estimate of drug-likeness (QED) is 0.370. The highest BCUT2D eigenvalue weighted by Gasteiger charge is 2.22. The number of para-hydroxylation sites is 1. The van der Waals surface area contributed by atoms with Crippen LogP contribution in [0.1, 0.15) is 36.0 Å². The molecule has 0 spiro atoms. The zero-order valence-corrected chi connectivity index (χ0v) is 19.4. The third-order valence-electron chi connectivity index (χ3n) is 6.39. The number of pyridine rings is 2. The lowest BCUT2D eigenvalue weighted by atomic mass is 9.82. The van der Waals surface area contributed by atoms with Gasteiger partial charge in [0.25, 0.3) is 5.91 Å². The standard InChI is InChI=1S/C26H30N4O5/c31-11-12-35-24-10-9-19(16-27-24)23-13-21(20-3-1-2-4-22(20)30-23)25(32)28-14-17-5-7-18(8-6-17)15-29-26(33)34/h1-4,9-10,13,16-18,29,31H,5-8,11-12,14-15H2,(H,28,32)(H,33,34). The normalized spacial score (nSPS) is 17.6. The number of aliphatic hydroxyl groups is 1. The molecule has 35 heavy (non-hydrogen) atoms. The number of hydrogen-bond donors (Lipinski definition) is 4. The van der Waals surface area contributed by atoms with Crippen LogP contribution in [-0.2, 0) is 0 Å². The van der Waals surface area contributed by atoms with Crippen LogP contribution in [0.2, 0.25) is 0 Å². The highest BCUT2D eigenvalue weighted by molar-refractivity contribution is 6.07. The highest BCUT2D eigenvalue weighted by atomic mass is 16.5. The molecule has 2 heterocycles. The van der Waals surface area contributed by atoms with Crippen LogP contribution in [0.3, 0.4) is 0 Å². The number of aliphatic hydroxyl groups excluding tert-OH is 1. The van der Waals surface area contributed by atoms with Gasteiger partial charge < -0.3 is 25.6 Å². The van der Waals surface area contributed by atoms with E-state index in [1.54, 1.807) is 18.3 Å². The van der Waals surface area contributed by atoms with Crippen LogP contribution in [0.4, 0.5) is 4.79 Å². The molecular formula is C26H30N4O5. The van der Waals surface area contributed by atoms with Crippen molar-refractivity contribution in [2.75, 3.05) is 26.3 Å². The lowest BCUT2D eigenvalue weighted by molar-refractivity contribution is 0.0942. The van der Waals surface area contributed by atoms with Crippen molar-refractivity contribution in [3.8, 4) is 17.1 Å². The first-order valence-electron chi connectivity index (χ1n) is 11.9. The van der Waals surface area contributed by atoms with E-state index in [-0.39, 0.29) is 19.1 Å². The Morgan fingerprint density at radius 2 is 1.71 bits per heavy atom. The number of carboxylic acid groups (broad SMARTS) is 1. The number of aromatic nitrogens is 2. The maximum Gasteiger partial charge on any atom is 0.404 e. The molecule has 1 aliphatic rings. The molecule has 184 valence electrons. The number of nitrogens with zero attached hydrogens (tertiary/aromatic N) is 2. The second-order valence-electron chi connectivity index (χ2n) is 8.81. The van der Waals surface area contributed by atoms with Crippen LogP contribution < -0.4 is 15.4 Å². The van der Waals surface area contributed by atoms with Gasteiger partial charge in [0.2, 0.25) is 5.88 Å². The van der Waals surface area contributed by atoms with E-state index >= 15 is 0 Å². The van der Waals surface area contributed by atoms with Gasteiger partial charge in [0.1, 0.15) is 6.61 Å². The van der Waals surface area contributed by atoms with E-state index in [0.29, 0.717) is 42.1 Å². The predicted molar refractivity (Wildman–Crippen MR) is 131 cm³/mol. The van der Waals surface area contributed by atoms with E-state index in [1.165, 1.54) is 0 Å². The maximum absolute atomic E-state index is 13.2. The maximum atomic E-state index is 13.2. The second-order valence-corrected chi connectivity index (χ2v) is 8.81. The Morgan fingerprint density at radius 3 is 2.37 bits per heavy atom. The molecule has 1 saturated carbocycles. The van der Waals surface area contributed by atoms with Crippen LogP contribution in [0.15, 0.2) is 48.7 Å². The zero-order chi connectivity index (χ0) is 24.6. The summed E-state index contributed by atoms with van der Waals surface area (Å²) in [6, 6.07) is 12.9. The Hall–Kier alpha value is -3.72. The van der Waals surface area contributed by atoms with Crippen molar-refractivity contribution >= 4 is 22.9 Å². The highest BCUT2D eigenvalue weighted by Crippen LogP contribution is 2.29. The number of amides is 2. The van der Waals surface area contributed by atoms with E-state index in [2.05, 4.69) is 15.6 Å². The molecule has 9 heteroatoms. The SMILES string of the molecule is O=C(O)NCC1CCC(CNC(=O)c2cc(-c3ccc(OCCO)nc3)nc3ccccc23)CC1. The molecule has 4 rings (SSSR count). The fraction of sp³-hybridized carbons (Fsp3) is 0.385. The van der Waals surface area contributed by atoms with Gasteiger partial charge in [-0.3, -0.25) is 4.79 Å². The number of carbonyl (C=O) groups is 2. The Balaban J connectivity index is 1.44. The molecule has 0 bridgehead atoms. The molecule has 1 aromatic carbocycles. The molecule has 0 atom stereocenters. The van der Waals surface area contributed by atoms with E-state index in [4.69, 9.17) is 19.9 Å². The number of hydrogen-bond acceptors (Lipinski definition) is 6. The number of nitrogens with one attached hydrogen (secondary N) is 2. The number of fused-ring (bicyclic) bond motifs is 1. The largest absolute Gasteiger partial charge is 0.475 e. The van der Waals surface area contributed by atoms with E-state index in [0.717, 1.165) is 42.1 Å². The van der Waals surface area contributed by atoms with Gasteiger partial charge >= 0.3 is 6.09 Å². The van der Waals surface area contributed by atoms with E-state index < -0.39 is 6.09 Å². The summed E-state index contributed by atoms with van der Waals surface area (Å²) in [5.41, 5.74) is 2.68. The van der Waals surface area contributed by atoms with Crippen LogP contribution in [0.5, 0.6) is 5.88 Å². The minimum Gasteiger partial charge on any atom is -0.475 e. The molecule has 9 nitrogen and oxygen atoms in total. The van der Waals surface area contributed by atoms with Crippen LogP contribution in [0, 0.1) is 11.8 Å². The van der Waals surface area contributed by atoms with Crippen molar-refractivity contribution in [3.05, 3.63) is 54.2 Å². The molecule has 0 radical (unpaired) electrons. The average Bonchev–Trinajstić information content (AvgIpc) is 2.89. The van der Waals surface area contributed by atoms with Gasteiger partial charge in [0.15, 0.2) is 0 Å². The summed E-state index contributed by atoms with van der Waals surface area (Å²) in [6.45, 7) is 1.16. The fourth-order valence-corrected chi connectivity index (χ4v) is 4.48. The summed E-state index contributed by atoms with van der Waals surface area (Å²) in [5, 5.41) is 24.0. The topological polar surface area (TPSA) is 134 Å². The van der Waals surface area contributed by atoms with Crippen LogP contribution in [0.25, 0.3) is 22.2 Å². The predicted octanol–water partition coefficient (Wildman–Crippen LogP) is 3.47. The van der Waals surface area contributed by atoms with Gasteiger partial charge in [-0.25, -0.2) is 14.8 Å². The summed E-state index contributed by atoms with van der Waals surface area (Å²) < 4.78 is 5.32. The molecule has 3 aromatic rings. The van der Waals surface area contributed by atoms with Crippen molar-refractivity contribution in [3.63, 3.8) is 0 Å². The summed E-state index contributed by atoms with van der Waals surface area (Å²) in [7, 11) is 0. The molecule has 1 aliphatic carbocycles. The molecule has 0 saturated heterocycles. The first-order chi connectivity index (χ1) is 17.0. The Morgan fingerprint density at radius 1 is 1.00 bits per heavy atom. The summed E-state index contributed by atoms with van der Waals surface area (Å²) in [4.78, 5) is 32.9. The van der Waals surface area contributed by atoms with Crippen molar-refractivity contribution in [1.29, 1.82) is 0 Å². The average molecular weight is 479 g/mol. The van der Waals surface area contributed by atoms with Gasteiger partial charge in [-0.15, -0.1) is 0 Å².